The minimum atomic E-state index is 0.168. The molecule has 1 saturated heterocycles. The molecular formula is C15H23N3O. The van der Waals surface area contributed by atoms with Crippen LogP contribution >= 0.6 is 0 Å². The average Bonchev–Trinajstić information content (AvgIpc) is 2.47. The van der Waals surface area contributed by atoms with E-state index in [4.69, 9.17) is 0 Å². The summed E-state index contributed by atoms with van der Waals surface area (Å²) in [6.07, 6.45) is 0. The van der Waals surface area contributed by atoms with E-state index >= 15 is 0 Å². The molecule has 1 heterocycles. The molecule has 1 aliphatic heterocycles. The number of amides is 1. The molecule has 1 aromatic carbocycles. The molecule has 0 atom stereocenters. The predicted octanol–water partition coefficient (Wildman–Crippen LogP) is 1.18. The van der Waals surface area contributed by atoms with Gasteiger partial charge in [-0.1, -0.05) is 25.1 Å². The van der Waals surface area contributed by atoms with Crippen molar-refractivity contribution < 1.29 is 4.79 Å². The second-order valence-corrected chi connectivity index (χ2v) is 4.91. The lowest BCUT2D eigenvalue weighted by atomic mass is 10.1. The van der Waals surface area contributed by atoms with Gasteiger partial charge in [0.2, 0.25) is 0 Å². The topological polar surface area (TPSA) is 35.6 Å². The summed E-state index contributed by atoms with van der Waals surface area (Å²) in [4.78, 5) is 16.9. The average molecular weight is 261 g/mol. The van der Waals surface area contributed by atoms with Crippen LogP contribution < -0.4 is 5.32 Å². The number of carbonyl (C=O) groups excluding carboxylic acids is 1. The van der Waals surface area contributed by atoms with E-state index in [1.165, 1.54) is 0 Å². The number of rotatable bonds is 4. The zero-order valence-electron chi connectivity index (χ0n) is 11.9. The van der Waals surface area contributed by atoms with E-state index in [1.807, 2.05) is 36.2 Å². The maximum Gasteiger partial charge on any atom is 0.254 e. The molecule has 1 aromatic rings. The Kier molecular flexibility index (Phi) is 4.93. The van der Waals surface area contributed by atoms with Gasteiger partial charge in [0, 0.05) is 38.3 Å². The largest absolute Gasteiger partial charge is 0.336 e. The monoisotopic (exact) mass is 261 g/mol. The first-order chi connectivity index (χ1) is 9.26. The first-order valence-electron chi connectivity index (χ1n) is 7.00. The Morgan fingerprint density at radius 3 is 2.53 bits per heavy atom. The molecule has 0 unspecified atom stereocenters. The zero-order chi connectivity index (χ0) is 13.7. The third kappa shape index (κ3) is 3.33. The standard InChI is InChI=1S/C15H23N3O/c1-3-17-8-10-18(11-9-17)15(19)14-7-5-4-6-13(14)12-16-2/h4-7,16H,3,8-12H2,1-2H3. The van der Waals surface area contributed by atoms with Crippen LogP contribution in [0.25, 0.3) is 0 Å². The molecule has 1 aliphatic rings. The summed E-state index contributed by atoms with van der Waals surface area (Å²) in [6.45, 7) is 7.60. The molecule has 1 fully saturated rings. The van der Waals surface area contributed by atoms with Crippen LogP contribution in [-0.4, -0.2) is 55.5 Å². The van der Waals surface area contributed by atoms with Crippen molar-refractivity contribution in [2.45, 2.75) is 13.5 Å². The van der Waals surface area contributed by atoms with Gasteiger partial charge in [0.25, 0.3) is 5.91 Å². The van der Waals surface area contributed by atoms with Crippen LogP contribution in [0.1, 0.15) is 22.8 Å². The lowest BCUT2D eigenvalue weighted by Crippen LogP contribution is -2.48. The number of benzene rings is 1. The highest BCUT2D eigenvalue weighted by atomic mass is 16.2. The maximum absolute atomic E-state index is 12.6. The van der Waals surface area contributed by atoms with E-state index in [0.717, 1.165) is 50.4 Å². The Bertz CT molecular complexity index is 425. The van der Waals surface area contributed by atoms with Crippen molar-refractivity contribution in [1.82, 2.24) is 15.1 Å². The molecule has 0 aromatic heterocycles. The summed E-state index contributed by atoms with van der Waals surface area (Å²) in [6, 6.07) is 7.88. The summed E-state index contributed by atoms with van der Waals surface area (Å²) in [7, 11) is 1.90. The van der Waals surface area contributed by atoms with Crippen LogP contribution in [0.2, 0.25) is 0 Å². The van der Waals surface area contributed by atoms with E-state index < -0.39 is 0 Å². The molecule has 1 N–H and O–H groups in total. The van der Waals surface area contributed by atoms with Crippen LogP contribution in [0.4, 0.5) is 0 Å². The SMILES string of the molecule is CCN1CCN(C(=O)c2ccccc2CNC)CC1. The van der Waals surface area contributed by atoms with Crippen molar-refractivity contribution in [3.05, 3.63) is 35.4 Å². The molecule has 2 rings (SSSR count). The Hall–Kier alpha value is -1.39. The van der Waals surface area contributed by atoms with Gasteiger partial charge in [0.1, 0.15) is 0 Å². The predicted molar refractivity (Wildman–Crippen MR) is 77.2 cm³/mol. The number of carbonyl (C=O) groups is 1. The molecule has 0 radical (unpaired) electrons. The Morgan fingerprint density at radius 2 is 1.89 bits per heavy atom. The van der Waals surface area contributed by atoms with Crippen LogP contribution in [0.15, 0.2) is 24.3 Å². The lowest BCUT2D eigenvalue weighted by molar-refractivity contribution is 0.0642. The maximum atomic E-state index is 12.6. The van der Waals surface area contributed by atoms with E-state index in [0.29, 0.717) is 0 Å². The normalized spacial score (nSPS) is 16.6. The summed E-state index contributed by atoms with van der Waals surface area (Å²) >= 11 is 0. The molecular weight excluding hydrogens is 238 g/mol. The molecule has 19 heavy (non-hydrogen) atoms. The highest BCUT2D eigenvalue weighted by molar-refractivity contribution is 5.95. The molecule has 0 bridgehead atoms. The smallest absolute Gasteiger partial charge is 0.254 e. The number of nitrogens with one attached hydrogen (secondary N) is 1. The molecule has 0 spiro atoms. The van der Waals surface area contributed by atoms with Crippen molar-refractivity contribution in [2.24, 2.45) is 0 Å². The lowest BCUT2D eigenvalue weighted by Gasteiger charge is -2.34. The van der Waals surface area contributed by atoms with Gasteiger partial charge < -0.3 is 15.1 Å². The van der Waals surface area contributed by atoms with Crippen molar-refractivity contribution in [3.63, 3.8) is 0 Å². The second kappa shape index (κ2) is 6.68. The first-order valence-corrected chi connectivity index (χ1v) is 7.00. The van der Waals surface area contributed by atoms with Crippen LogP contribution in [0.5, 0.6) is 0 Å². The minimum absolute atomic E-state index is 0.168. The quantitative estimate of drug-likeness (QED) is 0.884. The van der Waals surface area contributed by atoms with E-state index in [2.05, 4.69) is 17.1 Å². The van der Waals surface area contributed by atoms with Crippen LogP contribution in [0.3, 0.4) is 0 Å². The van der Waals surface area contributed by atoms with Gasteiger partial charge in [-0.25, -0.2) is 0 Å². The van der Waals surface area contributed by atoms with E-state index in [1.54, 1.807) is 0 Å². The van der Waals surface area contributed by atoms with Crippen molar-refractivity contribution in [2.75, 3.05) is 39.8 Å². The molecule has 1 amide bonds. The van der Waals surface area contributed by atoms with Gasteiger partial charge in [0.05, 0.1) is 0 Å². The Morgan fingerprint density at radius 1 is 1.21 bits per heavy atom. The number of nitrogens with zero attached hydrogens (tertiary/aromatic N) is 2. The molecule has 4 heteroatoms. The van der Waals surface area contributed by atoms with Crippen molar-refractivity contribution >= 4 is 5.91 Å². The van der Waals surface area contributed by atoms with Gasteiger partial charge >= 0.3 is 0 Å². The number of hydrogen-bond acceptors (Lipinski definition) is 3. The minimum Gasteiger partial charge on any atom is -0.336 e. The zero-order valence-corrected chi connectivity index (χ0v) is 11.9. The fraction of sp³-hybridized carbons (Fsp3) is 0.533. The molecule has 0 aliphatic carbocycles. The third-order valence-electron chi connectivity index (χ3n) is 3.72. The summed E-state index contributed by atoms with van der Waals surface area (Å²) in [5.41, 5.74) is 1.91. The molecule has 4 nitrogen and oxygen atoms in total. The number of likely N-dealkylation sites (N-methyl/N-ethyl adjacent to an activating group) is 1. The first kappa shape index (κ1) is 14.0. The van der Waals surface area contributed by atoms with Gasteiger partial charge in [0.15, 0.2) is 0 Å². The molecule has 104 valence electrons. The van der Waals surface area contributed by atoms with E-state index in [-0.39, 0.29) is 5.91 Å². The second-order valence-electron chi connectivity index (χ2n) is 4.91. The Labute approximate surface area is 115 Å². The summed E-state index contributed by atoms with van der Waals surface area (Å²) < 4.78 is 0. The van der Waals surface area contributed by atoms with Crippen LogP contribution in [-0.2, 0) is 6.54 Å². The van der Waals surface area contributed by atoms with Crippen molar-refractivity contribution in [1.29, 1.82) is 0 Å². The van der Waals surface area contributed by atoms with Gasteiger partial charge in [-0.15, -0.1) is 0 Å². The van der Waals surface area contributed by atoms with Gasteiger partial charge in [-0.2, -0.15) is 0 Å². The van der Waals surface area contributed by atoms with Gasteiger partial charge in [-0.05, 0) is 25.2 Å². The number of piperazine rings is 1. The van der Waals surface area contributed by atoms with E-state index in [9.17, 15) is 4.79 Å². The highest BCUT2D eigenvalue weighted by Crippen LogP contribution is 2.13. The Balaban J connectivity index is 2.07. The van der Waals surface area contributed by atoms with Gasteiger partial charge in [-0.3, -0.25) is 4.79 Å². The van der Waals surface area contributed by atoms with Crippen LogP contribution in [0, 0.1) is 0 Å². The number of hydrogen-bond donors (Lipinski definition) is 1. The highest BCUT2D eigenvalue weighted by Gasteiger charge is 2.22. The molecule has 0 saturated carbocycles. The fourth-order valence-electron chi connectivity index (χ4n) is 2.51. The van der Waals surface area contributed by atoms with Crippen molar-refractivity contribution in [3.8, 4) is 0 Å². The third-order valence-corrected chi connectivity index (χ3v) is 3.72. The summed E-state index contributed by atoms with van der Waals surface area (Å²) in [5, 5.41) is 3.12. The fourth-order valence-corrected chi connectivity index (χ4v) is 2.51. The summed E-state index contributed by atoms with van der Waals surface area (Å²) in [5.74, 6) is 0.168.